The van der Waals surface area contributed by atoms with Crippen LogP contribution in [0.15, 0.2) is 65.6 Å². The molecule has 200 valence electrons. The molecule has 0 bridgehead atoms. The van der Waals surface area contributed by atoms with Crippen LogP contribution in [0, 0.1) is 0 Å². The summed E-state index contributed by atoms with van der Waals surface area (Å²) in [6.07, 6.45) is 5.41. The van der Waals surface area contributed by atoms with Crippen LogP contribution in [-0.2, 0) is 22.5 Å². The number of ether oxygens (including phenoxy) is 1. The summed E-state index contributed by atoms with van der Waals surface area (Å²) in [4.78, 5) is 41.5. The highest BCUT2D eigenvalue weighted by Gasteiger charge is 2.19. The van der Waals surface area contributed by atoms with Gasteiger partial charge in [-0.2, -0.15) is 0 Å². The Balaban J connectivity index is 2.07. The molecule has 0 unspecified atom stereocenters. The van der Waals surface area contributed by atoms with Crippen LogP contribution in [0.2, 0.25) is 0 Å². The van der Waals surface area contributed by atoms with Crippen molar-refractivity contribution in [2.24, 2.45) is 0 Å². The molecule has 38 heavy (non-hydrogen) atoms. The number of hydrogen-bond acceptors (Lipinski definition) is 6. The van der Waals surface area contributed by atoms with Crippen LogP contribution in [0.5, 0.6) is 0 Å². The van der Waals surface area contributed by atoms with Gasteiger partial charge in [-0.05, 0) is 70.4 Å². The van der Waals surface area contributed by atoms with E-state index in [1.54, 1.807) is 32.9 Å². The minimum absolute atomic E-state index is 0.0658. The van der Waals surface area contributed by atoms with Gasteiger partial charge in [-0.15, -0.1) is 0 Å². The van der Waals surface area contributed by atoms with Crippen molar-refractivity contribution in [3.8, 4) is 11.3 Å². The van der Waals surface area contributed by atoms with Crippen LogP contribution in [0.25, 0.3) is 17.3 Å². The van der Waals surface area contributed by atoms with Crippen LogP contribution in [0.3, 0.4) is 0 Å². The van der Waals surface area contributed by atoms with Gasteiger partial charge >= 0.3 is 12.1 Å². The Bertz CT molecular complexity index is 1370. The number of hydrogen-bond donors (Lipinski definition) is 3. The minimum Gasteiger partial charge on any atom is -0.480 e. The lowest BCUT2D eigenvalue weighted by atomic mass is 10.0. The Labute approximate surface area is 222 Å². The summed E-state index contributed by atoms with van der Waals surface area (Å²) < 4.78 is 6.55. The third-order valence-electron chi connectivity index (χ3n) is 5.18. The number of aromatic nitrogens is 2. The van der Waals surface area contributed by atoms with Crippen molar-refractivity contribution in [1.29, 1.82) is 0 Å². The van der Waals surface area contributed by atoms with Gasteiger partial charge in [-0.25, -0.2) is 9.78 Å². The van der Waals surface area contributed by atoms with Crippen LogP contribution in [-0.4, -0.2) is 38.4 Å². The molecule has 0 saturated carbocycles. The largest absolute Gasteiger partial charge is 0.480 e. The lowest BCUT2D eigenvalue weighted by molar-refractivity contribution is -0.137. The molecule has 9 heteroatoms. The highest BCUT2D eigenvalue weighted by molar-refractivity contribution is 5.87. The molecule has 0 aliphatic carbocycles. The maximum atomic E-state index is 13.1. The number of carbonyl (C=O) groups is 2. The Kier molecular flexibility index (Phi) is 9.07. The number of nitrogens with one attached hydrogen (secondary N) is 2. The summed E-state index contributed by atoms with van der Waals surface area (Å²) in [5.74, 6) is -1.10. The van der Waals surface area contributed by atoms with Gasteiger partial charge in [0.05, 0.1) is 11.9 Å². The van der Waals surface area contributed by atoms with Crippen molar-refractivity contribution < 1.29 is 19.4 Å². The van der Waals surface area contributed by atoms with E-state index < -0.39 is 29.8 Å². The number of aliphatic carboxylic acids is 1. The zero-order chi connectivity index (χ0) is 27.9. The number of anilines is 2. The van der Waals surface area contributed by atoms with Gasteiger partial charge in [0.1, 0.15) is 12.1 Å². The quantitative estimate of drug-likeness (QED) is 0.346. The van der Waals surface area contributed by atoms with E-state index in [4.69, 9.17) is 4.74 Å². The number of amides is 1. The zero-order valence-corrected chi connectivity index (χ0v) is 22.3. The molecule has 1 aromatic heterocycles. The number of allylic oxidation sites excluding steroid dienone is 1. The Morgan fingerprint density at radius 3 is 2.47 bits per heavy atom. The molecule has 3 N–H and O–H groups in total. The molecule has 0 spiro atoms. The van der Waals surface area contributed by atoms with Crippen molar-refractivity contribution in [2.75, 3.05) is 10.6 Å². The fourth-order valence-corrected chi connectivity index (χ4v) is 3.72. The number of rotatable bonds is 9. The summed E-state index contributed by atoms with van der Waals surface area (Å²) in [5.41, 5.74) is 1.88. The number of nitrogens with zero attached hydrogens (tertiary/aromatic N) is 2. The first-order chi connectivity index (χ1) is 17.9. The van der Waals surface area contributed by atoms with E-state index in [2.05, 4.69) is 15.6 Å². The molecule has 0 radical (unpaired) electrons. The number of benzene rings is 2. The summed E-state index contributed by atoms with van der Waals surface area (Å²) in [6.45, 7) is 8.47. The highest BCUT2D eigenvalue weighted by atomic mass is 16.6. The molecule has 2 aromatic carbocycles. The topological polar surface area (TPSA) is 123 Å². The van der Waals surface area contributed by atoms with Crippen molar-refractivity contribution in [3.63, 3.8) is 0 Å². The van der Waals surface area contributed by atoms with E-state index in [9.17, 15) is 19.5 Å². The smallest absolute Gasteiger partial charge is 0.412 e. The second kappa shape index (κ2) is 12.2. The summed E-state index contributed by atoms with van der Waals surface area (Å²) in [5, 5.41) is 15.2. The van der Waals surface area contributed by atoms with E-state index in [-0.39, 0.29) is 11.9 Å². The fourth-order valence-electron chi connectivity index (χ4n) is 3.72. The Morgan fingerprint density at radius 1 is 1.13 bits per heavy atom. The summed E-state index contributed by atoms with van der Waals surface area (Å²) in [7, 11) is 0. The lowest BCUT2D eigenvalue weighted by Crippen LogP contribution is -2.30. The maximum absolute atomic E-state index is 13.1. The number of carboxylic acid groups (broad SMARTS) is 1. The predicted octanol–water partition coefficient (Wildman–Crippen LogP) is 5.42. The van der Waals surface area contributed by atoms with E-state index in [0.717, 1.165) is 15.7 Å². The van der Waals surface area contributed by atoms with E-state index in [1.165, 1.54) is 6.20 Å². The number of carbonyl (C=O) groups excluding carboxylic acids is 1. The van der Waals surface area contributed by atoms with Crippen molar-refractivity contribution in [1.82, 2.24) is 9.55 Å². The van der Waals surface area contributed by atoms with Crippen LogP contribution >= 0.6 is 0 Å². The monoisotopic (exact) mass is 518 g/mol. The van der Waals surface area contributed by atoms with Crippen molar-refractivity contribution >= 4 is 29.6 Å². The molecule has 3 aromatic rings. The Hall–Kier alpha value is -4.40. The van der Waals surface area contributed by atoms with Gasteiger partial charge in [0, 0.05) is 17.3 Å². The van der Waals surface area contributed by atoms with Crippen molar-refractivity contribution in [3.05, 3.63) is 82.3 Å². The third kappa shape index (κ3) is 8.33. The number of carboxylic acids is 1. The molecular formula is C29H34N4O5. The van der Waals surface area contributed by atoms with Gasteiger partial charge in [0.15, 0.2) is 5.82 Å². The van der Waals surface area contributed by atoms with E-state index in [1.807, 2.05) is 62.4 Å². The highest BCUT2D eigenvalue weighted by Crippen LogP contribution is 2.26. The lowest BCUT2D eigenvalue weighted by Gasteiger charge is -2.20. The van der Waals surface area contributed by atoms with Crippen molar-refractivity contribution in [2.45, 2.75) is 59.2 Å². The van der Waals surface area contributed by atoms with Gasteiger partial charge in [-0.1, -0.05) is 42.5 Å². The first kappa shape index (κ1) is 28.2. The SMILES string of the molecule is CC(C)Nc1ncc(-c2cc(/C=C/Cc3ccccc3)cc(NC(=O)OC(C)(C)C)c2)n(CC(=O)O)c1=O. The van der Waals surface area contributed by atoms with E-state index in [0.29, 0.717) is 23.4 Å². The maximum Gasteiger partial charge on any atom is 0.412 e. The standard InChI is InChI=1S/C29H34N4O5/c1-19(2)31-26-27(36)33(18-25(34)35)24(17-30-26)22-14-21(13-9-12-20-10-7-6-8-11-20)15-23(16-22)32-28(37)38-29(3,4)5/h6-11,13-17,19H,12,18H2,1-5H3,(H,30,31)(H,32,37)(H,34,35)/b13-9+. The molecule has 0 aliphatic heterocycles. The summed E-state index contributed by atoms with van der Waals surface area (Å²) >= 11 is 0. The molecule has 1 amide bonds. The van der Waals surface area contributed by atoms with Gasteiger partial charge < -0.3 is 15.2 Å². The van der Waals surface area contributed by atoms with Gasteiger partial charge in [-0.3, -0.25) is 19.5 Å². The molecule has 0 atom stereocenters. The van der Waals surface area contributed by atoms with Crippen LogP contribution < -0.4 is 16.2 Å². The molecular weight excluding hydrogens is 484 g/mol. The molecule has 9 nitrogen and oxygen atoms in total. The fraction of sp³-hybridized carbons (Fsp3) is 0.310. The molecule has 3 rings (SSSR count). The first-order valence-electron chi connectivity index (χ1n) is 12.4. The third-order valence-corrected chi connectivity index (χ3v) is 5.18. The predicted molar refractivity (Wildman–Crippen MR) is 149 cm³/mol. The first-order valence-corrected chi connectivity index (χ1v) is 12.4. The normalized spacial score (nSPS) is 11.5. The zero-order valence-electron chi connectivity index (χ0n) is 22.3. The molecule has 0 aliphatic rings. The molecule has 0 fully saturated rings. The molecule has 1 heterocycles. The second-order valence-corrected chi connectivity index (χ2v) is 10.1. The van der Waals surface area contributed by atoms with Gasteiger partial charge in [0.25, 0.3) is 5.56 Å². The van der Waals surface area contributed by atoms with Crippen LogP contribution in [0.4, 0.5) is 16.3 Å². The average Bonchev–Trinajstić information content (AvgIpc) is 2.80. The Morgan fingerprint density at radius 2 is 1.84 bits per heavy atom. The van der Waals surface area contributed by atoms with Gasteiger partial charge in [0.2, 0.25) is 0 Å². The van der Waals surface area contributed by atoms with E-state index >= 15 is 0 Å². The minimum atomic E-state index is -1.17. The van der Waals surface area contributed by atoms with Crippen LogP contribution in [0.1, 0.15) is 45.7 Å². The second-order valence-electron chi connectivity index (χ2n) is 10.1. The summed E-state index contributed by atoms with van der Waals surface area (Å²) in [6, 6.07) is 15.1. The average molecular weight is 519 g/mol. The molecule has 0 saturated heterocycles.